The van der Waals surface area contributed by atoms with Crippen molar-refractivity contribution < 1.29 is 4.74 Å². The van der Waals surface area contributed by atoms with E-state index in [9.17, 15) is 0 Å². The van der Waals surface area contributed by atoms with Gasteiger partial charge in [-0.1, -0.05) is 0 Å². The van der Waals surface area contributed by atoms with Gasteiger partial charge >= 0.3 is 113 Å². The molecule has 0 aliphatic carbocycles. The molecule has 0 bridgehead atoms. The van der Waals surface area contributed by atoms with Crippen molar-refractivity contribution in [2.75, 3.05) is 12.6 Å². The number of benzene rings is 2. The van der Waals surface area contributed by atoms with Crippen LogP contribution in [0.4, 0.5) is 0 Å². The molecule has 0 saturated heterocycles. The molecule has 0 fully saturated rings. The second-order valence-corrected chi connectivity index (χ2v) is 5.85. The van der Waals surface area contributed by atoms with E-state index >= 15 is 0 Å². The van der Waals surface area contributed by atoms with E-state index < -0.39 is 0 Å². The van der Waals surface area contributed by atoms with Gasteiger partial charge in [0.1, 0.15) is 0 Å². The van der Waals surface area contributed by atoms with Crippen molar-refractivity contribution in [2.45, 2.75) is 0 Å². The zero-order chi connectivity index (χ0) is 12.8. The predicted molar refractivity (Wildman–Crippen MR) is 73.9 cm³/mol. The third-order valence-electron chi connectivity index (χ3n) is 2.55. The molecule has 2 rings (SSSR count). The van der Waals surface area contributed by atoms with Gasteiger partial charge in [0.2, 0.25) is 0 Å². The SMILES string of the molecule is COC[Se]c1ccc(-c2ccc(C#N)cc2)cc1. The fourth-order valence-corrected chi connectivity index (χ4v) is 2.83. The molecule has 0 unspecified atom stereocenters. The summed E-state index contributed by atoms with van der Waals surface area (Å²) in [5.74, 6) is 0. The van der Waals surface area contributed by atoms with Crippen LogP contribution >= 0.6 is 0 Å². The van der Waals surface area contributed by atoms with Gasteiger partial charge in [0.15, 0.2) is 0 Å². The molecule has 2 aromatic rings. The first kappa shape index (κ1) is 12.9. The van der Waals surface area contributed by atoms with Gasteiger partial charge in [0.25, 0.3) is 0 Å². The number of hydrogen-bond donors (Lipinski definition) is 0. The maximum atomic E-state index is 8.76. The van der Waals surface area contributed by atoms with E-state index in [0.29, 0.717) is 20.5 Å². The molecule has 0 aromatic heterocycles. The van der Waals surface area contributed by atoms with Gasteiger partial charge in [-0.15, -0.1) is 0 Å². The Morgan fingerprint density at radius 2 is 1.56 bits per heavy atom. The molecule has 0 N–H and O–H groups in total. The van der Waals surface area contributed by atoms with E-state index in [4.69, 9.17) is 10.00 Å². The average molecular weight is 302 g/mol. The Bertz CT molecular complexity index is 540. The number of ether oxygens (including phenoxy) is 1. The van der Waals surface area contributed by atoms with Gasteiger partial charge in [-0.3, -0.25) is 0 Å². The van der Waals surface area contributed by atoms with Crippen molar-refractivity contribution in [1.29, 1.82) is 5.26 Å². The van der Waals surface area contributed by atoms with Crippen LogP contribution in [0.3, 0.4) is 0 Å². The Balaban J connectivity index is 2.15. The summed E-state index contributed by atoms with van der Waals surface area (Å²) < 4.78 is 6.42. The first-order valence-electron chi connectivity index (χ1n) is 5.56. The second kappa shape index (κ2) is 6.37. The van der Waals surface area contributed by atoms with Gasteiger partial charge in [0, 0.05) is 0 Å². The normalized spacial score (nSPS) is 10.0. The quantitative estimate of drug-likeness (QED) is 0.811. The zero-order valence-electron chi connectivity index (χ0n) is 10.1. The second-order valence-electron chi connectivity index (χ2n) is 3.76. The van der Waals surface area contributed by atoms with E-state index in [1.807, 2.05) is 24.3 Å². The fourth-order valence-electron chi connectivity index (χ4n) is 1.61. The fraction of sp³-hybridized carbons (Fsp3) is 0.133. The third kappa shape index (κ3) is 3.21. The van der Waals surface area contributed by atoms with Crippen molar-refractivity contribution in [3.63, 3.8) is 0 Å². The number of nitriles is 1. The molecule has 2 nitrogen and oxygen atoms in total. The first-order chi connectivity index (χ1) is 8.83. The van der Waals surface area contributed by atoms with E-state index in [1.165, 1.54) is 10.0 Å². The van der Waals surface area contributed by atoms with Gasteiger partial charge in [0.05, 0.1) is 0 Å². The average Bonchev–Trinajstić information content (AvgIpc) is 2.46. The molecule has 3 heteroatoms. The third-order valence-corrected chi connectivity index (χ3v) is 4.56. The molecule has 0 spiro atoms. The van der Waals surface area contributed by atoms with Crippen LogP contribution in [-0.2, 0) is 4.74 Å². The summed E-state index contributed by atoms with van der Waals surface area (Å²) in [6.45, 7) is 0. The monoisotopic (exact) mass is 303 g/mol. The molecule has 0 radical (unpaired) electrons. The summed E-state index contributed by atoms with van der Waals surface area (Å²) in [7, 11) is 1.73. The molecular weight excluding hydrogens is 289 g/mol. The maximum absolute atomic E-state index is 8.76. The molecule has 0 aliphatic rings. The Morgan fingerprint density at radius 3 is 2.06 bits per heavy atom. The number of methoxy groups -OCH3 is 1. The van der Waals surface area contributed by atoms with Crippen LogP contribution in [0.25, 0.3) is 11.1 Å². The van der Waals surface area contributed by atoms with Crippen molar-refractivity contribution in [3.8, 4) is 17.2 Å². The molecule has 2 aromatic carbocycles. The van der Waals surface area contributed by atoms with Gasteiger partial charge in [-0.05, 0) is 0 Å². The summed E-state index contributed by atoms with van der Waals surface area (Å²) in [5, 5.41) is 8.76. The van der Waals surface area contributed by atoms with Gasteiger partial charge in [-0.25, -0.2) is 0 Å². The van der Waals surface area contributed by atoms with Gasteiger partial charge in [-0.2, -0.15) is 0 Å². The number of hydrogen-bond acceptors (Lipinski definition) is 2. The molecule has 0 saturated carbocycles. The molecule has 90 valence electrons. The Hall–Kier alpha value is -1.59. The summed E-state index contributed by atoms with van der Waals surface area (Å²) in [6.07, 6.45) is 0. The van der Waals surface area contributed by atoms with E-state index in [0.717, 1.165) is 11.1 Å². The summed E-state index contributed by atoms with van der Waals surface area (Å²) in [4.78, 5) is 0. The molecule has 0 atom stereocenters. The molecule has 0 heterocycles. The Labute approximate surface area is 113 Å². The van der Waals surface area contributed by atoms with E-state index in [-0.39, 0.29) is 0 Å². The zero-order valence-corrected chi connectivity index (χ0v) is 11.8. The standard InChI is InChI=1S/C15H13NOSe/c1-17-11-18-15-8-6-14(7-9-15)13-4-2-12(10-16)3-5-13/h2-9H,11H2,1H3. The van der Waals surface area contributed by atoms with Crippen molar-refractivity contribution in [1.82, 2.24) is 0 Å². The van der Waals surface area contributed by atoms with Crippen LogP contribution in [0, 0.1) is 11.3 Å². The van der Waals surface area contributed by atoms with Crippen molar-refractivity contribution >= 4 is 19.4 Å². The number of nitrogens with zero attached hydrogens (tertiary/aromatic N) is 1. The summed E-state index contributed by atoms with van der Waals surface area (Å²) in [6, 6.07) is 18.3. The van der Waals surface area contributed by atoms with Crippen LogP contribution < -0.4 is 4.46 Å². The first-order valence-corrected chi connectivity index (χ1v) is 7.62. The van der Waals surface area contributed by atoms with E-state index in [1.54, 1.807) is 7.11 Å². The summed E-state index contributed by atoms with van der Waals surface area (Å²) >= 11 is 0.387. The minimum absolute atomic E-state index is 0.387. The Morgan fingerprint density at radius 1 is 1.00 bits per heavy atom. The van der Waals surface area contributed by atoms with Crippen LogP contribution in [0.1, 0.15) is 5.56 Å². The predicted octanol–water partition coefficient (Wildman–Crippen LogP) is 2.16. The van der Waals surface area contributed by atoms with Crippen LogP contribution in [0.2, 0.25) is 0 Å². The van der Waals surface area contributed by atoms with Crippen LogP contribution in [-0.4, -0.2) is 27.6 Å². The molecule has 0 amide bonds. The van der Waals surface area contributed by atoms with Crippen LogP contribution in [0.15, 0.2) is 48.5 Å². The minimum atomic E-state index is 0.387. The van der Waals surface area contributed by atoms with E-state index in [2.05, 4.69) is 30.3 Å². The van der Waals surface area contributed by atoms with Crippen LogP contribution in [0.5, 0.6) is 0 Å². The van der Waals surface area contributed by atoms with Crippen molar-refractivity contribution in [3.05, 3.63) is 54.1 Å². The van der Waals surface area contributed by atoms with Crippen molar-refractivity contribution in [2.24, 2.45) is 0 Å². The Kier molecular flexibility index (Phi) is 4.55. The van der Waals surface area contributed by atoms with Gasteiger partial charge < -0.3 is 0 Å². The summed E-state index contributed by atoms with van der Waals surface area (Å²) in [5.41, 5.74) is 3.82. The topological polar surface area (TPSA) is 33.0 Å². The number of rotatable bonds is 4. The molecule has 18 heavy (non-hydrogen) atoms. The molecule has 0 aliphatic heterocycles. The molecular formula is C15H13NOSe.